The van der Waals surface area contributed by atoms with Crippen LogP contribution in [0, 0.1) is 23.3 Å². The lowest BCUT2D eigenvalue weighted by Gasteiger charge is -2.09. The molecule has 3 rings (SSSR count). The highest BCUT2D eigenvalue weighted by molar-refractivity contribution is 5.84. The summed E-state index contributed by atoms with van der Waals surface area (Å²) >= 11 is 0. The number of H-pyrrole nitrogens is 1. The molecular weight excluding hydrogens is 278 g/mol. The molecule has 1 aromatic carbocycles. The van der Waals surface area contributed by atoms with Crippen LogP contribution < -0.4 is 5.32 Å². The van der Waals surface area contributed by atoms with E-state index in [9.17, 15) is 17.6 Å². The fourth-order valence-corrected chi connectivity index (χ4v) is 1.66. The molecule has 2 N–H and O–H groups in total. The van der Waals surface area contributed by atoms with Crippen molar-refractivity contribution >= 4 is 22.7 Å². The predicted octanol–water partition coefficient (Wildman–Crippen LogP) is 2.65. The van der Waals surface area contributed by atoms with Crippen molar-refractivity contribution < 1.29 is 17.6 Å². The van der Waals surface area contributed by atoms with Crippen LogP contribution in [-0.2, 0) is 0 Å². The van der Waals surface area contributed by atoms with Crippen LogP contribution >= 0.6 is 0 Å². The number of nitrogens with one attached hydrogen (secondary N) is 2. The average molecular weight is 283 g/mol. The second-order valence-electron chi connectivity index (χ2n) is 3.79. The second kappa shape index (κ2) is 4.44. The summed E-state index contributed by atoms with van der Waals surface area (Å²) in [4.78, 5) is 14.1. The van der Waals surface area contributed by atoms with Gasteiger partial charge < -0.3 is 10.3 Å². The van der Waals surface area contributed by atoms with Crippen molar-refractivity contribution in [1.82, 2.24) is 19.9 Å². The molecule has 2 aromatic heterocycles. The van der Waals surface area contributed by atoms with Crippen LogP contribution in [0.2, 0.25) is 0 Å². The lowest BCUT2D eigenvalue weighted by Crippen LogP contribution is -2.04. The monoisotopic (exact) mass is 283 g/mol. The Kier molecular flexibility index (Phi) is 2.74. The van der Waals surface area contributed by atoms with E-state index in [1.54, 1.807) is 0 Å². The van der Waals surface area contributed by atoms with E-state index in [1.165, 1.54) is 6.33 Å². The quantitative estimate of drug-likeness (QED) is 0.560. The minimum atomic E-state index is -1.55. The number of fused-ring (bicyclic) bond motifs is 1. The second-order valence-corrected chi connectivity index (χ2v) is 3.79. The first-order valence-electron chi connectivity index (χ1n) is 5.32. The molecular formula is C11H5F4N5. The number of aromatic nitrogens is 4. The molecule has 0 aliphatic rings. The summed E-state index contributed by atoms with van der Waals surface area (Å²) in [6, 6.07) is 0.125. The Morgan fingerprint density at radius 1 is 0.950 bits per heavy atom. The highest BCUT2D eigenvalue weighted by Gasteiger charge is 2.20. The van der Waals surface area contributed by atoms with E-state index in [0.29, 0.717) is 5.65 Å². The van der Waals surface area contributed by atoms with E-state index < -0.39 is 29.0 Å². The molecule has 0 aliphatic heterocycles. The van der Waals surface area contributed by atoms with Gasteiger partial charge in [0, 0.05) is 6.07 Å². The SMILES string of the molecule is Fc1cc(F)c(F)c(Nc2ncnc3[nH]cnc23)c1F. The largest absolute Gasteiger partial charge is 0.333 e. The summed E-state index contributed by atoms with van der Waals surface area (Å²) in [5, 5.41) is 2.19. The highest BCUT2D eigenvalue weighted by atomic mass is 19.2. The molecule has 5 nitrogen and oxygen atoms in total. The van der Waals surface area contributed by atoms with E-state index in [2.05, 4.69) is 25.3 Å². The molecule has 0 spiro atoms. The normalized spacial score (nSPS) is 11.0. The van der Waals surface area contributed by atoms with E-state index in [4.69, 9.17) is 0 Å². The van der Waals surface area contributed by atoms with Gasteiger partial charge in [0.2, 0.25) is 0 Å². The fraction of sp³-hybridized carbons (Fsp3) is 0. The van der Waals surface area contributed by atoms with Crippen LogP contribution in [-0.4, -0.2) is 19.9 Å². The summed E-state index contributed by atoms with van der Waals surface area (Å²) in [6.07, 6.45) is 2.40. The average Bonchev–Trinajstić information content (AvgIpc) is 2.90. The highest BCUT2D eigenvalue weighted by Crippen LogP contribution is 2.28. The minimum Gasteiger partial charge on any atom is -0.333 e. The van der Waals surface area contributed by atoms with Gasteiger partial charge in [0.1, 0.15) is 12.0 Å². The molecule has 0 saturated heterocycles. The molecule has 0 radical (unpaired) electrons. The van der Waals surface area contributed by atoms with Crippen molar-refractivity contribution in [3.05, 3.63) is 42.0 Å². The van der Waals surface area contributed by atoms with Crippen LogP contribution in [0.25, 0.3) is 11.2 Å². The Balaban J connectivity index is 2.14. The molecule has 0 fully saturated rings. The number of hydrogen-bond donors (Lipinski definition) is 2. The molecule has 0 amide bonds. The van der Waals surface area contributed by atoms with Crippen molar-refractivity contribution in [3.8, 4) is 0 Å². The third-order valence-electron chi connectivity index (χ3n) is 2.57. The Hall–Kier alpha value is -2.71. The Morgan fingerprint density at radius 2 is 1.65 bits per heavy atom. The molecule has 0 aliphatic carbocycles. The number of benzene rings is 1. The summed E-state index contributed by atoms with van der Waals surface area (Å²) in [5.41, 5.74) is -0.498. The lowest BCUT2D eigenvalue weighted by molar-refractivity contribution is 0.459. The lowest BCUT2D eigenvalue weighted by atomic mass is 10.2. The Bertz CT molecular complexity index is 775. The van der Waals surface area contributed by atoms with Gasteiger partial charge in [-0.05, 0) is 0 Å². The Labute approximate surface area is 108 Å². The van der Waals surface area contributed by atoms with E-state index in [0.717, 1.165) is 6.33 Å². The van der Waals surface area contributed by atoms with Crippen LogP contribution in [0.3, 0.4) is 0 Å². The van der Waals surface area contributed by atoms with Crippen molar-refractivity contribution in [1.29, 1.82) is 0 Å². The zero-order valence-corrected chi connectivity index (χ0v) is 9.59. The maximum atomic E-state index is 13.5. The fourth-order valence-electron chi connectivity index (χ4n) is 1.66. The first kappa shape index (κ1) is 12.3. The van der Waals surface area contributed by atoms with E-state index in [-0.39, 0.29) is 17.4 Å². The molecule has 9 heteroatoms. The smallest absolute Gasteiger partial charge is 0.185 e. The molecule has 0 saturated carbocycles. The molecule has 0 atom stereocenters. The zero-order valence-electron chi connectivity index (χ0n) is 9.59. The van der Waals surface area contributed by atoms with Gasteiger partial charge in [-0.15, -0.1) is 0 Å². The third kappa shape index (κ3) is 1.83. The molecule has 2 heterocycles. The maximum absolute atomic E-state index is 13.5. The summed E-state index contributed by atoms with van der Waals surface area (Å²) in [7, 11) is 0. The predicted molar refractivity (Wildman–Crippen MR) is 61.2 cm³/mol. The minimum absolute atomic E-state index is 0.0842. The number of halogens is 4. The van der Waals surface area contributed by atoms with Crippen LogP contribution in [0.1, 0.15) is 0 Å². The van der Waals surface area contributed by atoms with Gasteiger partial charge in [0.05, 0.1) is 6.33 Å². The van der Waals surface area contributed by atoms with Gasteiger partial charge in [-0.2, -0.15) is 0 Å². The molecule has 102 valence electrons. The van der Waals surface area contributed by atoms with Gasteiger partial charge in [0.15, 0.2) is 40.3 Å². The van der Waals surface area contributed by atoms with Crippen molar-refractivity contribution in [2.75, 3.05) is 5.32 Å². The number of nitrogens with zero attached hydrogens (tertiary/aromatic N) is 3. The van der Waals surface area contributed by atoms with Crippen LogP contribution in [0.4, 0.5) is 29.1 Å². The standard InChI is InChI=1S/C11H5F4N5/c12-4-1-5(13)7(15)8(6(4)14)20-11-9-10(17-2-16-9)18-3-19-11/h1-3H,(H2,16,17,18,19,20). The summed E-state index contributed by atoms with van der Waals surface area (Å²) in [5.74, 6) is -6.21. The zero-order chi connectivity index (χ0) is 14.3. The topological polar surface area (TPSA) is 66.5 Å². The van der Waals surface area contributed by atoms with Crippen molar-refractivity contribution in [3.63, 3.8) is 0 Å². The number of rotatable bonds is 2. The maximum Gasteiger partial charge on any atom is 0.185 e. The third-order valence-corrected chi connectivity index (χ3v) is 2.57. The van der Waals surface area contributed by atoms with Gasteiger partial charge in [-0.25, -0.2) is 32.5 Å². The molecule has 20 heavy (non-hydrogen) atoms. The Morgan fingerprint density at radius 3 is 2.35 bits per heavy atom. The van der Waals surface area contributed by atoms with E-state index in [1.807, 2.05) is 0 Å². The molecule has 0 bridgehead atoms. The summed E-state index contributed by atoms with van der Waals surface area (Å²) < 4.78 is 53.3. The van der Waals surface area contributed by atoms with Gasteiger partial charge in [0.25, 0.3) is 0 Å². The number of imidazole rings is 1. The number of anilines is 2. The molecule has 3 aromatic rings. The van der Waals surface area contributed by atoms with Crippen LogP contribution in [0.5, 0.6) is 0 Å². The first-order chi connectivity index (χ1) is 9.58. The number of hydrogen-bond acceptors (Lipinski definition) is 4. The van der Waals surface area contributed by atoms with Crippen LogP contribution in [0.15, 0.2) is 18.7 Å². The van der Waals surface area contributed by atoms with Gasteiger partial charge >= 0.3 is 0 Å². The van der Waals surface area contributed by atoms with Crippen molar-refractivity contribution in [2.45, 2.75) is 0 Å². The summed E-state index contributed by atoms with van der Waals surface area (Å²) in [6.45, 7) is 0. The van der Waals surface area contributed by atoms with E-state index >= 15 is 0 Å². The van der Waals surface area contributed by atoms with Gasteiger partial charge in [-0.1, -0.05) is 0 Å². The first-order valence-corrected chi connectivity index (χ1v) is 5.32. The van der Waals surface area contributed by atoms with Gasteiger partial charge in [-0.3, -0.25) is 0 Å². The molecule has 0 unspecified atom stereocenters. The van der Waals surface area contributed by atoms with Crippen molar-refractivity contribution in [2.24, 2.45) is 0 Å². The number of aromatic amines is 1.